The maximum atomic E-state index is 14.5. The summed E-state index contributed by atoms with van der Waals surface area (Å²) in [5.41, 5.74) is 12.4. The number of hydrogen-bond acceptors (Lipinski definition) is 5. The van der Waals surface area contributed by atoms with Crippen LogP contribution >= 0.6 is 34.8 Å². The largest absolute Gasteiger partial charge is 0.355 e. The van der Waals surface area contributed by atoms with Gasteiger partial charge in [-0.05, 0) is 79.8 Å². The molecule has 0 saturated carbocycles. The Kier molecular flexibility index (Phi) is 10.4. The number of rotatable bonds is 9. The average Bonchev–Trinajstić information content (AvgIpc) is 3.45. The predicted molar refractivity (Wildman–Crippen MR) is 201 cm³/mol. The first-order chi connectivity index (χ1) is 23.2. The lowest BCUT2D eigenvalue weighted by molar-refractivity contribution is 0.102. The molecule has 4 N–H and O–H groups in total. The highest BCUT2D eigenvalue weighted by Crippen LogP contribution is 2.39. The molecule has 0 radical (unpaired) electrons. The molecule has 2 aromatic heterocycles. The second kappa shape index (κ2) is 14.9. The summed E-state index contributed by atoms with van der Waals surface area (Å²) in [4.78, 5) is 26.9. The van der Waals surface area contributed by atoms with Gasteiger partial charge in [-0.15, -0.1) is 0 Å². The van der Waals surface area contributed by atoms with Crippen molar-refractivity contribution in [3.8, 4) is 0 Å². The van der Waals surface area contributed by atoms with Crippen LogP contribution in [-0.2, 0) is 6.54 Å². The number of aromatic amines is 1. The Bertz CT molecular complexity index is 2000. The number of allylic oxidation sites excluding steroid dienone is 2. The van der Waals surface area contributed by atoms with E-state index in [1.807, 2.05) is 79.9 Å². The fourth-order valence-corrected chi connectivity index (χ4v) is 6.86. The van der Waals surface area contributed by atoms with Crippen LogP contribution in [0.3, 0.4) is 0 Å². The number of anilines is 2. The van der Waals surface area contributed by atoms with E-state index in [0.29, 0.717) is 33.0 Å². The van der Waals surface area contributed by atoms with Crippen molar-refractivity contribution < 1.29 is 4.79 Å². The molecule has 1 aliphatic rings. The summed E-state index contributed by atoms with van der Waals surface area (Å²) in [7, 11) is 0. The molecule has 5 aromatic rings. The Morgan fingerprint density at radius 2 is 1.75 bits per heavy atom. The second-order valence-corrected chi connectivity index (χ2v) is 13.2. The van der Waals surface area contributed by atoms with E-state index in [0.717, 1.165) is 70.6 Å². The van der Waals surface area contributed by atoms with Gasteiger partial charge >= 0.3 is 0 Å². The van der Waals surface area contributed by atoms with E-state index >= 15 is 0 Å². The molecule has 3 heterocycles. The highest BCUT2D eigenvalue weighted by atomic mass is 35.5. The number of carbonyl (C=O) groups is 1. The van der Waals surface area contributed by atoms with Crippen LogP contribution in [0.15, 0.2) is 97.3 Å². The first-order valence-corrected chi connectivity index (χ1v) is 17.0. The van der Waals surface area contributed by atoms with Crippen molar-refractivity contribution in [1.82, 2.24) is 14.9 Å². The zero-order valence-corrected chi connectivity index (χ0v) is 29.1. The van der Waals surface area contributed by atoms with Gasteiger partial charge in [-0.25, -0.2) is 4.98 Å². The number of amides is 1. The van der Waals surface area contributed by atoms with Crippen LogP contribution in [0.1, 0.15) is 53.9 Å². The van der Waals surface area contributed by atoms with Crippen LogP contribution in [0.2, 0.25) is 15.1 Å². The van der Waals surface area contributed by atoms with Gasteiger partial charge in [0.2, 0.25) is 0 Å². The minimum absolute atomic E-state index is 0.171. The lowest BCUT2D eigenvalue weighted by atomic mass is 9.96. The third kappa shape index (κ3) is 7.25. The molecule has 10 heteroatoms. The van der Waals surface area contributed by atoms with E-state index in [-0.39, 0.29) is 11.9 Å². The van der Waals surface area contributed by atoms with Gasteiger partial charge in [0.1, 0.15) is 5.69 Å². The Balaban J connectivity index is 1.52. The summed E-state index contributed by atoms with van der Waals surface area (Å²) in [6.45, 7) is 6.00. The normalized spacial score (nSPS) is 14.4. The number of nitrogens with two attached hydrogens (primary N) is 1. The van der Waals surface area contributed by atoms with Crippen molar-refractivity contribution in [1.29, 1.82) is 0 Å². The average molecular weight is 700 g/mol. The maximum Gasteiger partial charge on any atom is 0.272 e. The van der Waals surface area contributed by atoms with E-state index < -0.39 is 0 Å². The van der Waals surface area contributed by atoms with E-state index in [1.54, 1.807) is 12.3 Å². The quantitative estimate of drug-likeness (QED) is 0.143. The molecule has 0 unspecified atom stereocenters. The molecule has 3 aromatic carbocycles. The van der Waals surface area contributed by atoms with Crippen LogP contribution in [0.25, 0.3) is 22.2 Å². The number of aromatic nitrogens is 2. The Hall–Kier alpha value is -4.27. The molecular weight excluding hydrogens is 663 g/mol. The monoisotopic (exact) mass is 698 g/mol. The fraction of sp³-hybridized carbons (Fsp3) is 0.211. The third-order valence-corrected chi connectivity index (χ3v) is 9.45. The summed E-state index contributed by atoms with van der Waals surface area (Å²) in [5, 5.41) is 5.71. The molecule has 7 nitrogen and oxygen atoms in total. The van der Waals surface area contributed by atoms with Crippen LogP contribution in [-0.4, -0.2) is 39.9 Å². The van der Waals surface area contributed by atoms with Gasteiger partial charge in [0, 0.05) is 69.6 Å². The minimum Gasteiger partial charge on any atom is -0.355 e. The molecular formula is C38H37Cl3N6O. The number of benzene rings is 3. The molecule has 0 atom stereocenters. The summed E-state index contributed by atoms with van der Waals surface area (Å²) in [6, 6.07) is 25.2. The van der Waals surface area contributed by atoms with Crippen molar-refractivity contribution in [3.05, 3.63) is 135 Å². The summed E-state index contributed by atoms with van der Waals surface area (Å²) >= 11 is 19.5. The van der Waals surface area contributed by atoms with Gasteiger partial charge in [-0.3, -0.25) is 4.79 Å². The number of carbonyl (C=O) groups excluding carboxylic acids is 1. The van der Waals surface area contributed by atoms with Crippen molar-refractivity contribution >= 4 is 74.4 Å². The molecule has 1 amide bonds. The van der Waals surface area contributed by atoms with Gasteiger partial charge in [-0.2, -0.15) is 0 Å². The number of hydrogen-bond donors (Lipinski definition) is 3. The lowest BCUT2D eigenvalue weighted by Crippen LogP contribution is -2.40. The first kappa shape index (κ1) is 33.6. The molecule has 0 bridgehead atoms. The van der Waals surface area contributed by atoms with E-state index in [4.69, 9.17) is 40.5 Å². The number of piperidine rings is 1. The van der Waals surface area contributed by atoms with E-state index in [2.05, 4.69) is 44.1 Å². The van der Waals surface area contributed by atoms with Gasteiger partial charge in [0.15, 0.2) is 5.82 Å². The van der Waals surface area contributed by atoms with E-state index in [9.17, 15) is 4.79 Å². The second-order valence-electron chi connectivity index (χ2n) is 11.9. The number of nitrogens with zero attached hydrogens (tertiary/aromatic N) is 3. The molecule has 48 heavy (non-hydrogen) atoms. The number of halogens is 3. The smallest absolute Gasteiger partial charge is 0.272 e. The molecule has 1 fully saturated rings. The fourth-order valence-electron chi connectivity index (χ4n) is 6.22. The van der Waals surface area contributed by atoms with Crippen molar-refractivity contribution in [3.63, 3.8) is 0 Å². The highest BCUT2D eigenvalue weighted by Gasteiger charge is 2.28. The topological polar surface area (TPSA) is 90.3 Å². The molecule has 6 rings (SSSR count). The SMILES string of the molecule is CC=CN(Cc1ccc(Cl)cc1Cl)/C(=C(\C)c1ccccc1)c1c(C(=O)Nc2cccnc2N2CCC(N)CC2)[nH]c2cc(Cl)ccc12. The van der Waals surface area contributed by atoms with Gasteiger partial charge in [0.25, 0.3) is 5.91 Å². The molecule has 1 aliphatic heterocycles. The molecule has 246 valence electrons. The Labute approximate surface area is 296 Å². The molecule has 1 saturated heterocycles. The number of H-pyrrole nitrogens is 1. The lowest BCUT2D eigenvalue weighted by Gasteiger charge is -2.32. The van der Waals surface area contributed by atoms with Crippen molar-refractivity contribution in [2.24, 2.45) is 5.73 Å². The van der Waals surface area contributed by atoms with Crippen molar-refractivity contribution in [2.75, 3.05) is 23.3 Å². The Morgan fingerprint density at radius 1 is 1.02 bits per heavy atom. The van der Waals surface area contributed by atoms with Gasteiger partial charge in [0.05, 0.1) is 11.4 Å². The maximum absolute atomic E-state index is 14.5. The molecule has 0 spiro atoms. The summed E-state index contributed by atoms with van der Waals surface area (Å²) in [6.07, 6.45) is 7.45. The van der Waals surface area contributed by atoms with E-state index in [1.165, 1.54) is 0 Å². The first-order valence-electron chi connectivity index (χ1n) is 15.9. The summed E-state index contributed by atoms with van der Waals surface area (Å²) < 4.78 is 0. The minimum atomic E-state index is -0.302. The number of pyridine rings is 1. The van der Waals surface area contributed by atoms with Crippen molar-refractivity contribution in [2.45, 2.75) is 39.3 Å². The zero-order valence-electron chi connectivity index (χ0n) is 26.8. The van der Waals surface area contributed by atoms with Crippen LogP contribution in [0, 0.1) is 0 Å². The Morgan fingerprint density at radius 3 is 2.48 bits per heavy atom. The molecule has 0 aliphatic carbocycles. The standard InChI is InChI=1S/C38H37Cl3N6O/c1-3-18-47(23-26-11-12-27(39)21-31(26)41)36(24(2)25-8-5-4-6-9-25)34-30-14-13-28(40)22-33(30)44-35(34)38(48)45-32-10-7-17-43-37(32)46-19-15-29(42)16-20-46/h3-14,17-18,21-22,29,44H,15-16,19-20,23,42H2,1-2H3,(H,45,48)/b18-3?,36-24+. The van der Waals surface area contributed by atoms with Crippen LogP contribution in [0.5, 0.6) is 0 Å². The third-order valence-electron chi connectivity index (χ3n) is 8.63. The van der Waals surface area contributed by atoms with Gasteiger partial charge in [-0.1, -0.05) is 83.3 Å². The van der Waals surface area contributed by atoms with Gasteiger partial charge < -0.3 is 25.8 Å². The predicted octanol–water partition coefficient (Wildman–Crippen LogP) is 9.63. The highest BCUT2D eigenvalue weighted by molar-refractivity contribution is 6.35. The number of nitrogens with one attached hydrogen (secondary N) is 2. The van der Waals surface area contributed by atoms with Crippen LogP contribution in [0.4, 0.5) is 11.5 Å². The summed E-state index contributed by atoms with van der Waals surface area (Å²) in [5.74, 6) is 0.422. The zero-order chi connectivity index (χ0) is 33.8. The number of fused-ring (bicyclic) bond motifs is 1. The van der Waals surface area contributed by atoms with Crippen LogP contribution < -0.4 is 16.0 Å².